The Bertz CT molecular complexity index is 791. The summed E-state index contributed by atoms with van der Waals surface area (Å²) in [5.41, 5.74) is -0.883. The highest BCUT2D eigenvalue weighted by Gasteiger charge is 2.24. The van der Waals surface area contributed by atoms with Crippen molar-refractivity contribution in [2.45, 2.75) is 11.5 Å². The summed E-state index contributed by atoms with van der Waals surface area (Å²) in [7, 11) is -4.36. The van der Waals surface area contributed by atoms with Crippen molar-refractivity contribution in [3.63, 3.8) is 0 Å². The van der Waals surface area contributed by atoms with E-state index >= 15 is 0 Å². The molecule has 5 nitrogen and oxygen atoms in total. The Morgan fingerprint density at radius 3 is 2.48 bits per heavy atom. The maximum Gasteiger partial charge on any atom is 0.266 e. The standard InChI is InChI=1S/C11H7BrF3NO4S/c12-11-9(3-6(4-17)20-11)21(18,19)16-8-2-5(13)1-7(14)10(8)15/h1-3,16-17H,4H2. The molecule has 10 heteroatoms. The lowest BCUT2D eigenvalue weighted by molar-refractivity contribution is 0.245. The van der Waals surface area contributed by atoms with Crippen LogP contribution in [-0.2, 0) is 16.6 Å². The van der Waals surface area contributed by atoms with Crippen LogP contribution in [0.25, 0.3) is 0 Å². The summed E-state index contributed by atoms with van der Waals surface area (Å²) in [4.78, 5) is -0.449. The summed E-state index contributed by atoms with van der Waals surface area (Å²) < 4.78 is 69.9. The molecule has 1 aromatic carbocycles. The zero-order valence-electron chi connectivity index (χ0n) is 10.0. The van der Waals surface area contributed by atoms with Gasteiger partial charge in [-0.3, -0.25) is 4.72 Å². The van der Waals surface area contributed by atoms with Gasteiger partial charge >= 0.3 is 0 Å². The fourth-order valence-corrected chi connectivity index (χ4v) is 3.54. The predicted molar refractivity (Wildman–Crippen MR) is 69.5 cm³/mol. The first-order valence-corrected chi connectivity index (χ1v) is 7.58. The summed E-state index contributed by atoms with van der Waals surface area (Å²) in [5, 5.41) is 8.86. The van der Waals surface area contributed by atoms with Crippen LogP contribution in [0.3, 0.4) is 0 Å². The van der Waals surface area contributed by atoms with Crippen LogP contribution >= 0.6 is 15.9 Å². The molecule has 0 atom stereocenters. The van der Waals surface area contributed by atoms with Gasteiger partial charge in [0.1, 0.15) is 23.1 Å². The zero-order chi connectivity index (χ0) is 15.8. The normalized spacial score (nSPS) is 11.7. The summed E-state index contributed by atoms with van der Waals surface area (Å²) in [6.07, 6.45) is 0. The lowest BCUT2D eigenvalue weighted by atomic mass is 10.3. The molecular formula is C11H7BrF3NO4S. The molecule has 21 heavy (non-hydrogen) atoms. The van der Waals surface area contributed by atoms with Gasteiger partial charge in [-0.05, 0) is 15.9 Å². The minimum Gasteiger partial charge on any atom is -0.450 e. The highest BCUT2D eigenvalue weighted by atomic mass is 79.9. The smallest absolute Gasteiger partial charge is 0.266 e. The van der Waals surface area contributed by atoms with Crippen molar-refractivity contribution in [1.82, 2.24) is 0 Å². The Morgan fingerprint density at radius 2 is 1.90 bits per heavy atom. The molecule has 0 fully saturated rings. The van der Waals surface area contributed by atoms with E-state index in [4.69, 9.17) is 9.52 Å². The fourth-order valence-electron chi connectivity index (χ4n) is 1.49. The number of nitrogens with one attached hydrogen (secondary N) is 1. The number of aliphatic hydroxyl groups excluding tert-OH is 1. The van der Waals surface area contributed by atoms with Crippen molar-refractivity contribution < 1.29 is 31.1 Å². The van der Waals surface area contributed by atoms with Crippen molar-refractivity contribution in [3.8, 4) is 0 Å². The Hall–Kier alpha value is -1.52. The van der Waals surface area contributed by atoms with Crippen molar-refractivity contribution in [2.75, 3.05) is 4.72 Å². The Labute approximate surface area is 125 Å². The number of halogens is 4. The number of furan rings is 1. The van der Waals surface area contributed by atoms with Gasteiger partial charge in [-0.2, -0.15) is 0 Å². The molecule has 0 unspecified atom stereocenters. The highest BCUT2D eigenvalue weighted by molar-refractivity contribution is 9.10. The number of sulfonamides is 1. The Morgan fingerprint density at radius 1 is 1.24 bits per heavy atom. The van der Waals surface area contributed by atoms with Crippen LogP contribution in [0.2, 0.25) is 0 Å². The lowest BCUT2D eigenvalue weighted by Gasteiger charge is -2.08. The molecule has 2 aromatic rings. The lowest BCUT2D eigenvalue weighted by Crippen LogP contribution is -2.14. The molecule has 0 spiro atoms. The van der Waals surface area contributed by atoms with Gasteiger partial charge in [0, 0.05) is 18.2 Å². The molecule has 0 radical (unpaired) electrons. The first-order valence-electron chi connectivity index (χ1n) is 5.31. The Balaban J connectivity index is 2.44. The second-order valence-corrected chi connectivity index (χ2v) is 6.23. The van der Waals surface area contributed by atoms with Crippen molar-refractivity contribution in [1.29, 1.82) is 0 Å². The van der Waals surface area contributed by atoms with Crippen molar-refractivity contribution >= 4 is 31.6 Å². The number of rotatable bonds is 4. The number of anilines is 1. The molecule has 0 amide bonds. The molecule has 2 N–H and O–H groups in total. The molecule has 0 aliphatic heterocycles. The van der Waals surface area contributed by atoms with Gasteiger partial charge in [0.2, 0.25) is 0 Å². The van der Waals surface area contributed by atoms with Gasteiger partial charge in [0.05, 0.1) is 5.69 Å². The molecule has 0 saturated heterocycles. The van der Waals surface area contributed by atoms with E-state index in [0.29, 0.717) is 6.07 Å². The number of benzene rings is 1. The van der Waals surface area contributed by atoms with E-state index in [1.165, 1.54) is 0 Å². The van der Waals surface area contributed by atoms with Crippen LogP contribution in [0.15, 0.2) is 32.2 Å². The number of aliphatic hydroxyl groups is 1. The second kappa shape index (κ2) is 5.70. The molecule has 0 aliphatic rings. The summed E-state index contributed by atoms with van der Waals surface area (Å²) in [5.74, 6) is -4.28. The van der Waals surface area contributed by atoms with E-state index in [0.717, 1.165) is 6.07 Å². The summed E-state index contributed by atoms with van der Waals surface area (Å²) >= 11 is 2.82. The SMILES string of the molecule is O=S(=O)(Nc1cc(F)cc(F)c1F)c1cc(CO)oc1Br. The average Bonchev–Trinajstić information content (AvgIpc) is 2.77. The topological polar surface area (TPSA) is 79.5 Å². The third-order valence-corrected chi connectivity index (χ3v) is 4.61. The zero-order valence-corrected chi connectivity index (χ0v) is 12.4. The van der Waals surface area contributed by atoms with Crippen molar-refractivity contribution in [2.24, 2.45) is 0 Å². The highest BCUT2D eigenvalue weighted by Crippen LogP contribution is 2.29. The summed E-state index contributed by atoms with van der Waals surface area (Å²) in [6, 6.07) is 1.77. The van der Waals surface area contributed by atoms with Gasteiger partial charge in [0.25, 0.3) is 10.0 Å². The largest absolute Gasteiger partial charge is 0.450 e. The van der Waals surface area contributed by atoms with Crippen LogP contribution in [-0.4, -0.2) is 13.5 Å². The maximum atomic E-state index is 13.5. The molecule has 1 heterocycles. The molecule has 0 saturated carbocycles. The monoisotopic (exact) mass is 385 g/mol. The third-order valence-electron chi connectivity index (χ3n) is 2.39. The quantitative estimate of drug-likeness (QED) is 0.793. The predicted octanol–water partition coefficient (Wildman–Crippen LogP) is 2.75. The molecule has 1 aromatic heterocycles. The summed E-state index contributed by atoms with van der Waals surface area (Å²) in [6.45, 7) is -0.558. The van der Waals surface area contributed by atoms with E-state index in [1.807, 2.05) is 0 Å². The van der Waals surface area contributed by atoms with Crippen LogP contribution < -0.4 is 4.72 Å². The van der Waals surface area contributed by atoms with Gasteiger partial charge < -0.3 is 9.52 Å². The Kier molecular flexibility index (Phi) is 4.30. The van der Waals surface area contributed by atoms with Crippen molar-refractivity contribution in [3.05, 3.63) is 46.1 Å². The number of hydrogen-bond donors (Lipinski definition) is 2. The molecular weight excluding hydrogens is 379 g/mol. The third kappa shape index (κ3) is 3.22. The van der Waals surface area contributed by atoms with Gasteiger partial charge in [-0.25, -0.2) is 21.6 Å². The van der Waals surface area contributed by atoms with Gasteiger partial charge in [-0.15, -0.1) is 0 Å². The second-order valence-electron chi connectivity index (χ2n) is 3.86. The van der Waals surface area contributed by atoms with Crippen LogP contribution in [0.5, 0.6) is 0 Å². The minimum absolute atomic E-state index is 0.0619. The first kappa shape index (κ1) is 15.9. The van der Waals surface area contributed by atoms with Gasteiger partial charge in [0.15, 0.2) is 16.3 Å². The molecule has 114 valence electrons. The fraction of sp³-hybridized carbons (Fsp3) is 0.0909. The number of hydrogen-bond acceptors (Lipinski definition) is 4. The van der Waals surface area contributed by atoms with E-state index < -0.39 is 44.7 Å². The first-order chi connectivity index (χ1) is 9.74. The average molecular weight is 386 g/mol. The van der Waals surface area contributed by atoms with E-state index in [1.54, 1.807) is 4.72 Å². The van der Waals surface area contributed by atoms with E-state index in [2.05, 4.69) is 15.9 Å². The minimum atomic E-state index is -4.36. The van der Waals surface area contributed by atoms with E-state index in [-0.39, 0.29) is 16.5 Å². The maximum absolute atomic E-state index is 13.5. The molecule has 2 rings (SSSR count). The van der Waals surface area contributed by atoms with Crippen LogP contribution in [0.1, 0.15) is 5.76 Å². The van der Waals surface area contributed by atoms with Crippen LogP contribution in [0, 0.1) is 17.5 Å². The molecule has 0 aliphatic carbocycles. The van der Waals surface area contributed by atoms with E-state index in [9.17, 15) is 21.6 Å². The van der Waals surface area contributed by atoms with Crippen LogP contribution in [0.4, 0.5) is 18.9 Å². The van der Waals surface area contributed by atoms with Gasteiger partial charge in [-0.1, -0.05) is 0 Å². The molecule has 0 bridgehead atoms.